The van der Waals surface area contributed by atoms with Crippen LogP contribution >= 0.6 is 0 Å². The molecule has 1 saturated heterocycles. The van der Waals surface area contributed by atoms with Gasteiger partial charge < -0.3 is 14.8 Å². The highest BCUT2D eigenvalue weighted by Gasteiger charge is 2.20. The highest BCUT2D eigenvalue weighted by Crippen LogP contribution is 2.31. The molecule has 1 aromatic heterocycles. The quantitative estimate of drug-likeness (QED) is 0.907. The van der Waals surface area contributed by atoms with Crippen molar-refractivity contribution in [1.82, 2.24) is 4.57 Å². The number of hydrogen-bond acceptors (Lipinski definition) is 4. The summed E-state index contributed by atoms with van der Waals surface area (Å²) in [5, 5.41) is 3.48. The van der Waals surface area contributed by atoms with Gasteiger partial charge in [0.1, 0.15) is 11.6 Å². The Balaban J connectivity index is 2.09. The number of rotatable bonds is 4. The summed E-state index contributed by atoms with van der Waals surface area (Å²) in [6, 6.07) is 11.5. The minimum absolute atomic E-state index is 0.0236. The summed E-state index contributed by atoms with van der Waals surface area (Å²) in [6.07, 6.45) is 2.06. The summed E-state index contributed by atoms with van der Waals surface area (Å²) in [4.78, 5) is 12.7. The average molecular weight is 356 g/mol. The van der Waals surface area contributed by atoms with E-state index in [2.05, 4.69) is 32.2 Å². The molecule has 2 heterocycles. The zero-order valence-electron chi connectivity index (χ0n) is 16.0. The van der Waals surface area contributed by atoms with Gasteiger partial charge in [-0.3, -0.25) is 9.36 Å². The fraction of sp³-hybridized carbons (Fsp3) is 0.476. The fourth-order valence-electron chi connectivity index (χ4n) is 3.25. The summed E-state index contributed by atoms with van der Waals surface area (Å²) in [7, 11) is 1.63. The molecule has 26 heavy (non-hydrogen) atoms. The van der Waals surface area contributed by atoms with Crippen LogP contribution in [0.3, 0.4) is 0 Å². The Morgan fingerprint density at radius 2 is 2.04 bits per heavy atom. The maximum atomic E-state index is 12.7. The lowest BCUT2D eigenvalue weighted by Gasteiger charge is -2.27. The number of benzene rings is 1. The largest absolute Gasteiger partial charge is 0.495 e. The van der Waals surface area contributed by atoms with Gasteiger partial charge in [0.25, 0.3) is 5.56 Å². The number of methoxy groups -OCH3 is 1. The molecule has 1 atom stereocenters. The standard InChI is InChI=1S/C21H28N2O3/c1-21(2,3)15-10-11-18(25-4)17(13-15)23-19(8-5-9-20(23)24)22-16-7-6-12-26-14-16/h5,8-11,13,16,22H,6-7,12,14H2,1-4H3. The number of nitrogens with zero attached hydrogens (tertiary/aromatic N) is 1. The zero-order chi connectivity index (χ0) is 18.7. The van der Waals surface area contributed by atoms with Crippen LogP contribution < -0.4 is 15.6 Å². The van der Waals surface area contributed by atoms with Gasteiger partial charge in [-0.1, -0.05) is 32.9 Å². The Bertz CT molecular complexity index is 815. The molecule has 1 aliphatic rings. The average Bonchev–Trinajstić information content (AvgIpc) is 2.61. The molecule has 1 fully saturated rings. The SMILES string of the molecule is COc1ccc(C(C)(C)C)cc1-n1c(NC2CCCOC2)cccc1=O. The third kappa shape index (κ3) is 3.93. The Morgan fingerprint density at radius 1 is 1.23 bits per heavy atom. The third-order valence-electron chi connectivity index (χ3n) is 4.75. The van der Waals surface area contributed by atoms with E-state index < -0.39 is 0 Å². The lowest BCUT2D eigenvalue weighted by Crippen LogP contribution is -2.33. The molecule has 1 N–H and O–H groups in total. The first kappa shape index (κ1) is 18.5. The van der Waals surface area contributed by atoms with Gasteiger partial charge in [-0.25, -0.2) is 0 Å². The Labute approximate surface area is 155 Å². The van der Waals surface area contributed by atoms with Gasteiger partial charge in [0, 0.05) is 12.7 Å². The van der Waals surface area contributed by atoms with Gasteiger partial charge in [0.05, 0.1) is 25.4 Å². The van der Waals surface area contributed by atoms with Crippen molar-refractivity contribution in [3.05, 3.63) is 52.3 Å². The molecule has 0 spiro atoms. The highest BCUT2D eigenvalue weighted by atomic mass is 16.5. The first-order chi connectivity index (χ1) is 12.4. The Morgan fingerprint density at radius 3 is 2.69 bits per heavy atom. The monoisotopic (exact) mass is 356 g/mol. The van der Waals surface area contributed by atoms with E-state index in [0.717, 1.165) is 36.5 Å². The molecule has 0 saturated carbocycles. The van der Waals surface area contributed by atoms with Crippen molar-refractivity contribution in [3.8, 4) is 11.4 Å². The molecule has 1 aromatic carbocycles. The molecule has 5 heteroatoms. The van der Waals surface area contributed by atoms with Crippen LogP contribution in [0.1, 0.15) is 39.2 Å². The summed E-state index contributed by atoms with van der Waals surface area (Å²) >= 11 is 0. The lowest BCUT2D eigenvalue weighted by molar-refractivity contribution is 0.0874. The predicted octanol–water partition coefficient (Wildman–Crippen LogP) is 3.73. The fourth-order valence-corrected chi connectivity index (χ4v) is 3.25. The molecular weight excluding hydrogens is 328 g/mol. The van der Waals surface area contributed by atoms with Gasteiger partial charge in [0.2, 0.25) is 0 Å². The number of nitrogens with one attached hydrogen (secondary N) is 1. The second-order valence-corrected chi connectivity index (χ2v) is 7.78. The van der Waals surface area contributed by atoms with Gasteiger partial charge in [0.15, 0.2) is 0 Å². The second kappa shape index (κ2) is 7.54. The molecule has 3 rings (SSSR count). The molecule has 1 unspecified atom stereocenters. The van der Waals surface area contributed by atoms with Crippen LogP contribution in [-0.2, 0) is 10.2 Å². The van der Waals surface area contributed by atoms with Crippen molar-refractivity contribution in [1.29, 1.82) is 0 Å². The lowest BCUT2D eigenvalue weighted by atomic mass is 9.86. The summed E-state index contributed by atoms with van der Waals surface area (Å²) in [6.45, 7) is 7.93. The van der Waals surface area contributed by atoms with Crippen LogP contribution in [0.15, 0.2) is 41.2 Å². The molecule has 0 radical (unpaired) electrons. The highest BCUT2D eigenvalue weighted by molar-refractivity contribution is 5.56. The molecule has 140 valence electrons. The van der Waals surface area contributed by atoms with Crippen LogP contribution in [0.4, 0.5) is 5.82 Å². The topological polar surface area (TPSA) is 52.5 Å². The minimum Gasteiger partial charge on any atom is -0.495 e. The van der Waals surface area contributed by atoms with Crippen LogP contribution in [0, 0.1) is 0 Å². The molecule has 0 amide bonds. The van der Waals surface area contributed by atoms with Crippen molar-refractivity contribution < 1.29 is 9.47 Å². The van der Waals surface area contributed by atoms with Crippen LogP contribution in [0.5, 0.6) is 5.75 Å². The van der Waals surface area contributed by atoms with Crippen molar-refractivity contribution >= 4 is 5.82 Å². The van der Waals surface area contributed by atoms with Gasteiger partial charge in [-0.05, 0) is 42.0 Å². The van der Waals surface area contributed by atoms with Gasteiger partial charge >= 0.3 is 0 Å². The van der Waals surface area contributed by atoms with E-state index in [-0.39, 0.29) is 17.0 Å². The molecule has 0 bridgehead atoms. The molecule has 1 aliphatic heterocycles. The Kier molecular flexibility index (Phi) is 5.37. The number of hydrogen-bond donors (Lipinski definition) is 1. The van der Waals surface area contributed by atoms with E-state index in [1.165, 1.54) is 0 Å². The minimum atomic E-state index is -0.0870. The van der Waals surface area contributed by atoms with E-state index >= 15 is 0 Å². The van der Waals surface area contributed by atoms with E-state index in [9.17, 15) is 4.79 Å². The van der Waals surface area contributed by atoms with E-state index in [1.54, 1.807) is 23.8 Å². The molecule has 5 nitrogen and oxygen atoms in total. The van der Waals surface area contributed by atoms with Crippen molar-refractivity contribution in [2.75, 3.05) is 25.6 Å². The van der Waals surface area contributed by atoms with Gasteiger partial charge in [-0.15, -0.1) is 0 Å². The maximum Gasteiger partial charge on any atom is 0.256 e. The maximum absolute atomic E-state index is 12.7. The normalized spacial score (nSPS) is 17.8. The van der Waals surface area contributed by atoms with Crippen molar-refractivity contribution in [3.63, 3.8) is 0 Å². The number of pyridine rings is 1. The molecule has 0 aliphatic carbocycles. The zero-order valence-corrected chi connectivity index (χ0v) is 16.0. The van der Waals surface area contributed by atoms with Crippen LogP contribution in [-0.4, -0.2) is 30.9 Å². The number of aromatic nitrogens is 1. The van der Waals surface area contributed by atoms with E-state index in [4.69, 9.17) is 9.47 Å². The molecule has 2 aromatic rings. The van der Waals surface area contributed by atoms with Crippen LogP contribution in [0.25, 0.3) is 5.69 Å². The predicted molar refractivity (Wildman–Crippen MR) is 105 cm³/mol. The van der Waals surface area contributed by atoms with Crippen LogP contribution in [0.2, 0.25) is 0 Å². The first-order valence-electron chi connectivity index (χ1n) is 9.15. The summed E-state index contributed by atoms with van der Waals surface area (Å²) in [5.41, 5.74) is 1.79. The summed E-state index contributed by atoms with van der Waals surface area (Å²) in [5.74, 6) is 1.44. The Hall–Kier alpha value is -2.27. The first-order valence-corrected chi connectivity index (χ1v) is 9.15. The van der Waals surface area contributed by atoms with Crippen molar-refractivity contribution in [2.24, 2.45) is 0 Å². The van der Waals surface area contributed by atoms with E-state index in [0.29, 0.717) is 12.4 Å². The van der Waals surface area contributed by atoms with E-state index in [1.807, 2.05) is 18.2 Å². The molecular formula is C21H28N2O3. The summed E-state index contributed by atoms with van der Waals surface area (Å²) < 4.78 is 12.8. The van der Waals surface area contributed by atoms with Crippen molar-refractivity contribution in [2.45, 2.75) is 45.1 Å². The second-order valence-electron chi connectivity index (χ2n) is 7.78. The van der Waals surface area contributed by atoms with Gasteiger partial charge in [-0.2, -0.15) is 0 Å². The third-order valence-corrected chi connectivity index (χ3v) is 4.75. The smallest absolute Gasteiger partial charge is 0.256 e. The number of anilines is 1. The number of ether oxygens (including phenoxy) is 2.